The monoisotopic (exact) mass is 565 g/mol. The number of hydrazone groups is 1. The Kier molecular flexibility index (Phi) is 7.26. The van der Waals surface area contributed by atoms with Gasteiger partial charge < -0.3 is 5.32 Å². The van der Waals surface area contributed by atoms with Crippen LogP contribution in [0.5, 0.6) is 0 Å². The summed E-state index contributed by atoms with van der Waals surface area (Å²) >= 11 is 13.7. The van der Waals surface area contributed by atoms with E-state index < -0.39 is 0 Å². The van der Waals surface area contributed by atoms with Crippen LogP contribution in [0.3, 0.4) is 0 Å². The van der Waals surface area contributed by atoms with E-state index >= 15 is 0 Å². The zero-order valence-electron chi connectivity index (χ0n) is 11.6. The van der Waals surface area contributed by atoms with Gasteiger partial charge in [0, 0.05) is 17.9 Å². The molecular weight excluding hydrogens is 558 g/mol. The van der Waals surface area contributed by atoms with Crippen molar-refractivity contribution in [1.82, 2.24) is 5.43 Å². The topological polar surface area (TPSA) is 53.5 Å². The minimum Gasteiger partial charge on any atom is -0.375 e. The minimum absolute atomic E-state index is 0.114. The Morgan fingerprint density at radius 3 is 2.52 bits per heavy atom. The standard InChI is InChI=1S/C15H11Br4N3O/c16-10-3-1-2-9(4-10)7-21-22-15(23)8-20-14-6-12(18)11(17)5-13(14)19/h1-7,20H,8H2,(H,22,23)/b21-7-. The Hall–Kier alpha value is -0.700. The van der Waals surface area contributed by atoms with E-state index in [2.05, 4.69) is 79.6 Å². The lowest BCUT2D eigenvalue weighted by Gasteiger charge is -2.09. The third-order valence-corrected chi connectivity index (χ3v) is 5.69. The molecule has 0 bridgehead atoms. The number of hydrogen-bond donors (Lipinski definition) is 2. The van der Waals surface area contributed by atoms with E-state index in [1.807, 2.05) is 36.4 Å². The van der Waals surface area contributed by atoms with Crippen LogP contribution in [0.4, 0.5) is 5.69 Å². The Balaban J connectivity index is 1.87. The van der Waals surface area contributed by atoms with E-state index in [-0.39, 0.29) is 12.5 Å². The maximum Gasteiger partial charge on any atom is 0.259 e. The molecule has 2 N–H and O–H groups in total. The number of benzene rings is 2. The van der Waals surface area contributed by atoms with E-state index in [0.717, 1.165) is 29.1 Å². The maximum absolute atomic E-state index is 11.8. The number of amides is 1. The highest BCUT2D eigenvalue weighted by molar-refractivity contribution is 9.13. The van der Waals surface area contributed by atoms with Gasteiger partial charge in [0.2, 0.25) is 0 Å². The molecule has 1 amide bonds. The Labute approximate surface area is 167 Å². The first kappa shape index (κ1) is 18.6. The molecule has 0 aromatic heterocycles. The smallest absolute Gasteiger partial charge is 0.259 e. The molecule has 0 saturated heterocycles. The van der Waals surface area contributed by atoms with Crippen molar-refractivity contribution in [3.63, 3.8) is 0 Å². The summed E-state index contributed by atoms with van der Waals surface area (Å²) < 4.78 is 3.65. The molecule has 0 unspecified atom stereocenters. The molecule has 0 aliphatic heterocycles. The number of carbonyl (C=O) groups excluding carboxylic acids is 1. The fourth-order valence-electron chi connectivity index (χ4n) is 1.64. The minimum atomic E-state index is -0.234. The lowest BCUT2D eigenvalue weighted by molar-refractivity contribution is -0.119. The quantitative estimate of drug-likeness (QED) is 0.292. The Bertz CT molecular complexity index is 749. The van der Waals surface area contributed by atoms with Gasteiger partial charge in [0.15, 0.2) is 0 Å². The summed E-state index contributed by atoms with van der Waals surface area (Å²) in [7, 11) is 0. The number of anilines is 1. The highest BCUT2D eigenvalue weighted by atomic mass is 79.9. The zero-order chi connectivity index (χ0) is 16.8. The van der Waals surface area contributed by atoms with Gasteiger partial charge >= 0.3 is 0 Å². The molecule has 2 rings (SSSR count). The van der Waals surface area contributed by atoms with Crippen LogP contribution in [0.2, 0.25) is 0 Å². The second-order valence-electron chi connectivity index (χ2n) is 4.45. The van der Waals surface area contributed by atoms with Crippen molar-refractivity contribution >= 4 is 81.5 Å². The molecule has 4 nitrogen and oxygen atoms in total. The average molecular weight is 569 g/mol. The van der Waals surface area contributed by atoms with Gasteiger partial charge in [-0.05, 0) is 77.6 Å². The largest absolute Gasteiger partial charge is 0.375 e. The molecule has 0 atom stereocenters. The first-order valence-corrected chi connectivity index (χ1v) is 9.59. The average Bonchev–Trinajstić information content (AvgIpc) is 2.50. The van der Waals surface area contributed by atoms with Crippen LogP contribution < -0.4 is 10.7 Å². The predicted octanol–water partition coefficient (Wildman–Crippen LogP) is 5.30. The molecule has 0 fully saturated rings. The molecule has 8 heteroatoms. The summed E-state index contributed by atoms with van der Waals surface area (Å²) in [4.78, 5) is 11.8. The fourth-order valence-corrected chi connectivity index (χ4v) is 3.53. The molecule has 2 aromatic rings. The third kappa shape index (κ3) is 6.02. The molecule has 0 radical (unpaired) electrons. The molecule has 0 heterocycles. The van der Waals surface area contributed by atoms with Crippen LogP contribution in [0.25, 0.3) is 0 Å². The van der Waals surface area contributed by atoms with Crippen molar-refractivity contribution in [1.29, 1.82) is 0 Å². The molecule has 0 aliphatic rings. The number of nitrogens with zero attached hydrogens (tertiary/aromatic N) is 1. The van der Waals surface area contributed by atoms with Crippen LogP contribution in [-0.2, 0) is 4.79 Å². The summed E-state index contributed by atoms with van der Waals surface area (Å²) in [5.74, 6) is -0.234. The maximum atomic E-state index is 11.8. The van der Waals surface area contributed by atoms with Gasteiger partial charge in [-0.25, -0.2) is 5.43 Å². The molecule has 23 heavy (non-hydrogen) atoms. The Morgan fingerprint density at radius 1 is 1.04 bits per heavy atom. The van der Waals surface area contributed by atoms with Gasteiger partial charge in [-0.2, -0.15) is 5.10 Å². The molecular formula is C15H11Br4N3O. The molecule has 0 spiro atoms. The molecule has 0 aliphatic carbocycles. The number of halogens is 4. The van der Waals surface area contributed by atoms with Crippen molar-refractivity contribution in [2.45, 2.75) is 0 Å². The van der Waals surface area contributed by atoms with E-state index in [1.54, 1.807) is 6.21 Å². The van der Waals surface area contributed by atoms with Gasteiger partial charge in [0.05, 0.1) is 18.4 Å². The van der Waals surface area contributed by atoms with Gasteiger partial charge in [-0.15, -0.1) is 0 Å². The number of nitrogens with one attached hydrogen (secondary N) is 2. The zero-order valence-corrected chi connectivity index (χ0v) is 18.0. The lowest BCUT2D eigenvalue weighted by atomic mass is 10.2. The second kappa shape index (κ2) is 8.96. The van der Waals surface area contributed by atoms with Crippen LogP contribution in [0, 0.1) is 0 Å². The van der Waals surface area contributed by atoms with Crippen molar-refractivity contribution in [2.24, 2.45) is 5.10 Å². The first-order chi connectivity index (χ1) is 11.0. The van der Waals surface area contributed by atoms with Crippen molar-refractivity contribution < 1.29 is 4.79 Å². The van der Waals surface area contributed by atoms with Crippen LogP contribution in [0.15, 0.2) is 59.4 Å². The lowest BCUT2D eigenvalue weighted by Crippen LogP contribution is -2.26. The highest BCUT2D eigenvalue weighted by Gasteiger charge is 2.06. The van der Waals surface area contributed by atoms with Crippen LogP contribution in [0.1, 0.15) is 5.56 Å². The molecule has 0 saturated carbocycles. The van der Waals surface area contributed by atoms with Crippen molar-refractivity contribution in [2.75, 3.05) is 11.9 Å². The summed E-state index contributed by atoms with van der Waals surface area (Å²) in [6, 6.07) is 11.4. The van der Waals surface area contributed by atoms with E-state index in [4.69, 9.17) is 0 Å². The van der Waals surface area contributed by atoms with E-state index in [0.29, 0.717) is 0 Å². The van der Waals surface area contributed by atoms with Gasteiger partial charge in [0.1, 0.15) is 0 Å². The van der Waals surface area contributed by atoms with Crippen molar-refractivity contribution in [3.8, 4) is 0 Å². The number of carbonyl (C=O) groups is 1. The van der Waals surface area contributed by atoms with Gasteiger partial charge in [-0.3, -0.25) is 4.79 Å². The van der Waals surface area contributed by atoms with Gasteiger partial charge in [0.25, 0.3) is 5.91 Å². The Morgan fingerprint density at radius 2 is 1.78 bits per heavy atom. The fraction of sp³-hybridized carbons (Fsp3) is 0.0667. The van der Waals surface area contributed by atoms with Crippen LogP contribution in [-0.4, -0.2) is 18.7 Å². The summed E-state index contributed by atoms with van der Waals surface area (Å²) in [6.07, 6.45) is 1.59. The third-order valence-electron chi connectivity index (χ3n) is 2.70. The summed E-state index contributed by atoms with van der Waals surface area (Å²) in [5, 5.41) is 6.98. The molecule has 120 valence electrons. The first-order valence-electron chi connectivity index (χ1n) is 6.41. The number of rotatable bonds is 5. The normalized spacial score (nSPS) is 10.8. The second-order valence-corrected chi connectivity index (χ2v) is 7.93. The highest BCUT2D eigenvalue weighted by Crippen LogP contribution is 2.32. The SMILES string of the molecule is O=C(CNc1cc(Br)c(Br)cc1Br)N/N=C\c1cccc(Br)c1. The van der Waals surface area contributed by atoms with Crippen molar-refractivity contribution in [3.05, 3.63) is 59.9 Å². The summed E-state index contributed by atoms with van der Waals surface area (Å²) in [6.45, 7) is 0.114. The van der Waals surface area contributed by atoms with E-state index in [9.17, 15) is 4.79 Å². The van der Waals surface area contributed by atoms with Gasteiger partial charge in [-0.1, -0.05) is 28.1 Å². The van der Waals surface area contributed by atoms with Crippen LogP contribution >= 0.6 is 63.7 Å². The number of hydrogen-bond acceptors (Lipinski definition) is 3. The van der Waals surface area contributed by atoms with E-state index in [1.165, 1.54) is 0 Å². The predicted molar refractivity (Wildman–Crippen MR) is 108 cm³/mol. The summed E-state index contributed by atoms with van der Waals surface area (Å²) in [5.41, 5.74) is 4.19. The molecule has 2 aromatic carbocycles.